The van der Waals surface area contributed by atoms with Gasteiger partial charge in [-0.15, -0.1) is 11.3 Å². The van der Waals surface area contributed by atoms with Crippen LogP contribution in [-0.2, 0) is 6.42 Å². The highest BCUT2D eigenvalue weighted by molar-refractivity contribution is 7.09. The SMILES string of the molecule is COc1cc(C(=O)NC(Cc2ccccc2)C(O)C2CCCN2)cc(C(=O)N2CCCC2c2nc(C)cs2)c1. The summed E-state index contributed by atoms with van der Waals surface area (Å²) in [6, 6.07) is 14.1. The number of nitrogens with zero attached hydrogens (tertiary/aromatic N) is 2. The van der Waals surface area contributed by atoms with Gasteiger partial charge in [0.25, 0.3) is 11.8 Å². The molecule has 39 heavy (non-hydrogen) atoms. The third-order valence-electron chi connectivity index (χ3n) is 7.62. The minimum atomic E-state index is -0.754. The van der Waals surface area contributed by atoms with Gasteiger partial charge in [-0.25, -0.2) is 4.98 Å². The van der Waals surface area contributed by atoms with Crippen LogP contribution in [0.1, 0.15) is 68.7 Å². The maximum absolute atomic E-state index is 13.7. The minimum absolute atomic E-state index is 0.0658. The Balaban J connectivity index is 1.38. The van der Waals surface area contributed by atoms with Gasteiger partial charge in [-0.2, -0.15) is 0 Å². The number of nitrogens with one attached hydrogen (secondary N) is 2. The Bertz CT molecular complexity index is 1290. The summed E-state index contributed by atoms with van der Waals surface area (Å²) in [6.45, 7) is 3.45. The lowest BCUT2D eigenvalue weighted by atomic mass is 9.95. The monoisotopic (exact) mass is 548 g/mol. The van der Waals surface area contributed by atoms with Crippen LogP contribution in [-0.4, -0.2) is 65.2 Å². The number of likely N-dealkylation sites (tertiary alicyclic amines) is 1. The van der Waals surface area contributed by atoms with Gasteiger partial charge < -0.3 is 25.4 Å². The van der Waals surface area contributed by atoms with E-state index in [1.165, 1.54) is 7.11 Å². The largest absolute Gasteiger partial charge is 0.497 e. The number of aliphatic hydroxyl groups excluding tert-OH is 1. The highest BCUT2D eigenvalue weighted by Gasteiger charge is 2.34. The highest BCUT2D eigenvalue weighted by atomic mass is 32.1. The molecule has 4 atom stereocenters. The van der Waals surface area contributed by atoms with E-state index in [0.717, 1.165) is 48.5 Å². The van der Waals surface area contributed by atoms with Crippen LogP contribution in [0.5, 0.6) is 5.75 Å². The van der Waals surface area contributed by atoms with Gasteiger partial charge >= 0.3 is 0 Å². The number of carbonyl (C=O) groups is 2. The van der Waals surface area contributed by atoms with E-state index in [2.05, 4.69) is 15.6 Å². The van der Waals surface area contributed by atoms with Gasteiger partial charge in [0.2, 0.25) is 0 Å². The number of amides is 2. The van der Waals surface area contributed by atoms with Crippen molar-refractivity contribution >= 4 is 23.2 Å². The van der Waals surface area contributed by atoms with Crippen molar-refractivity contribution in [3.63, 3.8) is 0 Å². The predicted molar refractivity (Wildman–Crippen MR) is 151 cm³/mol. The van der Waals surface area contributed by atoms with Gasteiger partial charge in [0.1, 0.15) is 10.8 Å². The van der Waals surface area contributed by atoms with Crippen LogP contribution >= 0.6 is 11.3 Å². The second kappa shape index (κ2) is 12.3. The first-order chi connectivity index (χ1) is 18.9. The lowest BCUT2D eigenvalue weighted by Gasteiger charge is -2.29. The second-order valence-corrected chi connectivity index (χ2v) is 11.3. The Hall–Kier alpha value is -3.27. The Labute approximate surface area is 233 Å². The summed E-state index contributed by atoms with van der Waals surface area (Å²) in [7, 11) is 1.52. The van der Waals surface area contributed by atoms with Crippen molar-refractivity contribution < 1.29 is 19.4 Å². The fraction of sp³-hybridized carbons (Fsp3) is 0.433. The molecule has 0 saturated carbocycles. The lowest BCUT2D eigenvalue weighted by Crippen LogP contribution is -2.52. The van der Waals surface area contributed by atoms with Crippen molar-refractivity contribution in [2.75, 3.05) is 20.2 Å². The predicted octanol–water partition coefficient (Wildman–Crippen LogP) is 3.89. The molecule has 0 bridgehead atoms. The van der Waals surface area contributed by atoms with Crippen LogP contribution in [0.4, 0.5) is 0 Å². The summed E-state index contributed by atoms with van der Waals surface area (Å²) >= 11 is 1.58. The second-order valence-electron chi connectivity index (χ2n) is 10.4. The number of hydrogen-bond donors (Lipinski definition) is 3. The molecule has 0 spiro atoms. The third-order valence-corrected chi connectivity index (χ3v) is 8.69. The highest BCUT2D eigenvalue weighted by Crippen LogP contribution is 2.35. The first-order valence-corrected chi connectivity index (χ1v) is 14.5. The van der Waals surface area contributed by atoms with Gasteiger partial charge in [-0.1, -0.05) is 30.3 Å². The molecule has 2 aliphatic heterocycles. The Morgan fingerprint density at radius 2 is 1.97 bits per heavy atom. The standard InChI is InChI=1S/C30H36N4O4S/c1-19-18-39-29(32-19)26-11-7-13-34(26)30(37)22-15-21(16-23(17-22)38-2)28(36)33-25(14-20-8-4-3-5-9-20)27(35)24-10-6-12-31-24/h3-5,8-9,15-18,24-27,31,35H,6-7,10-14H2,1-2H3,(H,33,36). The summed E-state index contributed by atoms with van der Waals surface area (Å²) in [5.41, 5.74) is 2.70. The molecule has 9 heteroatoms. The van der Waals surface area contributed by atoms with Crippen LogP contribution < -0.4 is 15.4 Å². The van der Waals surface area contributed by atoms with E-state index < -0.39 is 12.1 Å². The van der Waals surface area contributed by atoms with Gasteiger partial charge in [0.15, 0.2) is 0 Å². The van der Waals surface area contributed by atoms with Crippen molar-refractivity contribution in [1.82, 2.24) is 20.5 Å². The van der Waals surface area contributed by atoms with Crippen molar-refractivity contribution in [2.45, 2.75) is 63.3 Å². The van der Waals surface area contributed by atoms with Crippen molar-refractivity contribution in [2.24, 2.45) is 0 Å². The number of aliphatic hydroxyl groups is 1. The number of benzene rings is 2. The summed E-state index contributed by atoms with van der Waals surface area (Å²) < 4.78 is 5.48. The van der Waals surface area contributed by atoms with Gasteiger partial charge in [0, 0.05) is 34.8 Å². The average Bonchev–Trinajstić information content (AvgIpc) is 3.74. The zero-order valence-corrected chi connectivity index (χ0v) is 23.2. The fourth-order valence-corrected chi connectivity index (χ4v) is 6.53. The molecule has 206 valence electrons. The van der Waals surface area contributed by atoms with Crippen molar-refractivity contribution in [3.05, 3.63) is 81.3 Å². The van der Waals surface area contributed by atoms with Crippen molar-refractivity contribution in [3.8, 4) is 5.75 Å². The smallest absolute Gasteiger partial charge is 0.254 e. The Morgan fingerprint density at radius 3 is 2.67 bits per heavy atom. The minimum Gasteiger partial charge on any atom is -0.497 e. The van der Waals surface area contributed by atoms with E-state index in [4.69, 9.17) is 4.74 Å². The quantitative estimate of drug-likeness (QED) is 0.375. The molecule has 2 amide bonds. The first-order valence-electron chi connectivity index (χ1n) is 13.6. The molecule has 2 fully saturated rings. The van der Waals surface area contributed by atoms with Gasteiger partial charge in [-0.3, -0.25) is 9.59 Å². The Morgan fingerprint density at radius 1 is 1.18 bits per heavy atom. The molecule has 3 heterocycles. The van der Waals surface area contributed by atoms with E-state index >= 15 is 0 Å². The van der Waals surface area contributed by atoms with Crippen LogP contribution in [0.2, 0.25) is 0 Å². The summed E-state index contributed by atoms with van der Waals surface area (Å²) in [4.78, 5) is 33.8. The molecule has 2 aromatic carbocycles. The van der Waals surface area contributed by atoms with Crippen LogP contribution in [0.25, 0.3) is 0 Å². The molecular formula is C30H36N4O4S. The first kappa shape index (κ1) is 27.3. The molecule has 3 aromatic rings. The third kappa shape index (κ3) is 6.32. The zero-order chi connectivity index (χ0) is 27.4. The normalized spacial score (nSPS) is 20.5. The maximum Gasteiger partial charge on any atom is 0.254 e. The molecule has 3 N–H and O–H groups in total. The molecule has 8 nitrogen and oxygen atoms in total. The van der Waals surface area contributed by atoms with E-state index in [1.807, 2.05) is 47.5 Å². The average molecular weight is 549 g/mol. The molecular weight excluding hydrogens is 512 g/mol. The number of hydrogen-bond acceptors (Lipinski definition) is 7. The number of carbonyl (C=O) groups excluding carboxylic acids is 2. The van der Waals surface area contributed by atoms with Gasteiger partial charge in [0.05, 0.1) is 25.3 Å². The zero-order valence-electron chi connectivity index (χ0n) is 22.4. The molecule has 2 saturated heterocycles. The van der Waals surface area contributed by atoms with E-state index in [9.17, 15) is 14.7 Å². The molecule has 0 radical (unpaired) electrons. The van der Waals surface area contributed by atoms with Gasteiger partial charge in [-0.05, 0) is 69.3 Å². The summed E-state index contributed by atoms with van der Waals surface area (Å²) in [6.07, 6.45) is 3.36. The molecule has 4 unspecified atom stereocenters. The Kier molecular flexibility index (Phi) is 8.60. The maximum atomic E-state index is 13.7. The molecule has 5 rings (SSSR count). The fourth-order valence-electron chi connectivity index (χ4n) is 5.59. The topological polar surface area (TPSA) is 104 Å². The van der Waals surface area contributed by atoms with E-state index in [-0.39, 0.29) is 23.9 Å². The number of aromatic nitrogens is 1. The van der Waals surface area contributed by atoms with Crippen LogP contribution in [0, 0.1) is 6.92 Å². The number of methoxy groups -OCH3 is 1. The van der Waals surface area contributed by atoms with Crippen molar-refractivity contribution in [1.29, 1.82) is 0 Å². The number of rotatable bonds is 9. The molecule has 1 aromatic heterocycles. The molecule has 2 aliphatic rings. The van der Waals surface area contributed by atoms with E-state index in [0.29, 0.717) is 29.8 Å². The number of aryl methyl sites for hydroxylation is 1. The number of thiazole rings is 1. The molecule has 0 aliphatic carbocycles. The van der Waals surface area contributed by atoms with Crippen LogP contribution in [0.15, 0.2) is 53.9 Å². The summed E-state index contributed by atoms with van der Waals surface area (Å²) in [5.74, 6) is -0.0618. The number of ether oxygens (including phenoxy) is 1. The summed E-state index contributed by atoms with van der Waals surface area (Å²) in [5, 5.41) is 20.6. The van der Waals surface area contributed by atoms with Crippen LogP contribution in [0.3, 0.4) is 0 Å². The lowest BCUT2D eigenvalue weighted by molar-refractivity contribution is 0.0733. The van der Waals surface area contributed by atoms with E-state index in [1.54, 1.807) is 29.5 Å².